The zero-order valence-electron chi connectivity index (χ0n) is 17.2. The van der Waals surface area contributed by atoms with Gasteiger partial charge in [-0.1, -0.05) is 30.3 Å². The summed E-state index contributed by atoms with van der Waals surface area (Å²) >= 11 is 3.50. The normalized spacial score (nSPS) is 15.0. The highest BCUT2D eigenvalue weighted by Gasteiger charge is 2.36. The van der Waals surface area contributed by atoms with Crippen molar-refractivity contribution in [2.75, 3.05) is 20.2 Å². The van der Waals surface area contributed by atoms with Crippen LogP contribution in [0, 0.1) is 5.92 Å². The maximum absolute atomic E-state index is 13.2. The maximum Gasteiger partial charge on any atom is 0.343 e. The molecule has 1 aliphatic rings. The molecule has 156 valence electrons. The van der Waals surface area contributed by atoms with Gasteiger partial charge < -0.3 is 19.5 Å². The molecule has 0 aliphatic carbocycles. The van der Waals surface area contributed by atoms with Gasteiger partial charge in [-0.05, 0) is 41.4 Å². The van der Waals surface area contributed by atoms with E-state index >= 15 is 0 Å². The summed E-state index contributed by atoms with van der Waals surface area (Å²) in [7, 11) is 1.59. The number of quaternary nitrogens is 1. The van der Waals surface area contributed by atoms with Crippen LogP contribution in [-0.2, 0) is 11.3 Å². The number of methoxy groups -OCH3 is 1. The quantitative estimate of drug-likeness (QED) is 0.632. The summed E-state index contributed by atoms with van der Waals surface area (Å²) in [5, 5.41) is 2.31. The Kier molecular flexibility index (Phi) is 7.19. The summed E-state index contributed by atoms with van der Waals surface area (Å²) in [6.07, 6.45) is 2.09. The minimum Gasteiger partial charge on any atom is -0.497 e. The van der Waals surface area contributed by atoms with E-state index in [0.29, 0.717) is 34.1 Å². The zero-order chi connectivity index (χ0) is 20.9. The maximum atomic E-state index is 13.2. The van der Waals surface area contributed by atoms with Gasteiger partial charge in [0.25, 0.3) is 0 Å². The van der Waals surface area contributed by atoms with E-state index in [1.54, 1.807) is 19.2 Å². The van der Waals surface area contributed by atoms with Crippen molar-refractivity contribution >= 4 is 21.9 Å². The molecule has 2 aromatic carbocycles. The van der Waals surface area contributed by atoms with Crippen LogP contribution in [0.15, 0.2) is 46.9 Å². The number of esters is 1. The van der Waals surface area contributed by atoms with Crippen molar-refractivity contribution in [3.8, 4) is 11.5 Å². The van der Waals surface area contributed by atoms with E-state index in [1.807, 2.05) is 44.2 Å². The van der Waals surface area contributed by atoms with Gasteiger partial charge in [0.2, 0.25) is 0 Å². The molecule has 0 bridgehead atoms. The topological polar surface area (TPSA) is 61.4 Å². The van der Waals surface area contributed by atoms with Crippen molar-refractivity contribution in [2.24, 2.45) is 5.92 Å². The highest BCUT2D eigenvalue weighted by molar-refractivity contribution is 9.10. The van der Waals surface area contributed by atoms with E-state index in [9.17, 15) is 4.79 Å². The third kappa shape index (κ3) is 5.52. The molecule has 0 unspecified atom stereocenters. The van der Waals surface area contributed by atoms with Crippen molar-refractivity contribution in [2.45, 2.75) is 38.9 Å². The number of nitrogens with two attached hydrogens (primary N) is 1. The first-order valence-electron chi connectivity index (χ1n) is 10.00. The van der Waals surface area contributed by atoms with Gasteiger partial charge in [-0.3, -0.25) is 0 Å². The van der Waals surface area contributed by atoms with Crippen LogP contribution in [0.25, 0.3) is 0 Å². The fraction of sp³-hybridized carbons (Fsp3) is 0.435. The molecule has 0 spiro atoms. The number of rotatable bonds is 7. The number of piperidine rings is 1. The standard InChI is InChI=1S/C23H28BrNO4/c1-23(2,17-9-11-25-12-10-17)29-22(26)21-19(24)13-18(27-3)14-20(21)28-15-16-7-5-4-6-8-16/h4-8,13-14,17,25H,9-12,15H2,1-3H3/p+1. The number of benzene rings is 2. The summed E-state index contributed by atoms with van der Waals surface area (Å²) in [5.74, 6) is 1.01. The van der Waals surface area contributed by atoms with Gasteiger partial charge in [-0.25, -0.2) is 4.79 Å². The van der Waals surface area contributed by atoms with E-state index in [1.165, 1.54) is 0 Å². The van der Waals surface area contributed by atoms with Gasteiger partial charge in [-0.15, -0.1) is 0 Å². The summed E-state index contributed by atoms with van der Waals surface area (Å²) in [4.78, 5) is 13.2. The highest BCUT2D eigenvalue weighted by Crippen LogP contribution is 2.36. The largest absolute Gasteiger partial charge is 0.497 e. The summed E-state index contributed by atoms with van der Waals surface area (Å²) in [5.41, 5.74) is 0.864. The van der Waals surface area contributed by atoms with Gasteiger partial charge in [0, 0.05) is 29.3 Å². The number of hydrogen-bond acceptors (Lipinski definition) is 4. The lowest BCUT2D eigenvalue weighted by molar-refractivity contribution is -0.665. The number of carbonyl (C=O) groups is 1. The molecule has 1 fully saturated rings. The van der Waals surface area contributed by atoms with Crippen LogP contribution in [0.3, 0.4) is 0 Å². The first-order chi connectivity index (χ1) is 13.9. The third-order valence-corrected chi connectivity index (χ3v) is 6.11. The molecule has 3 rings (SSSR count). The van der Waals surface area contributed by atoms with Crippen LogP contribution in [-0.4, -0.2) is 31.8 Å². The van der Waals surface area contributed by atoms with Gasteiger partial charge in [0.05, 0.1) is 20.2 Å². The van der Waals surface area contributed by atoms with Crippen LogP contribution in [0.4, 0.5) is 0 Å². The molecule has 1 heterocycles. The van der Waals surface area contributed by atoms with E-state index < -0.39 is 5.60 Å². The molecule has 29 heavy (non-hydrogen) atoms. The van der Waals surface area contributed by atoms with Crippen molar-refractivity contribution in [1.29, 1.82) is 0 Å². The van der Waals surface area contributed by atoms with Crippen LogP contribution in [0.5, 0.6) is 11.5 Å². The number of ether oxygens (including phenoxy) is 3. The van der Waals surface area contributed by atoms with Gasteiger partial charge in [-0.2, -0.15) is 0 Å². The van der Waals surface area contributed by atoms with Gasteiger partial charge >= 0.3 is 5.97 Å². The molecule has 0 radical (unpaired) electrons. The predicted octanol–water partition coefficient (Wildman–Crippen LogP) is 3.95. The summed E-state index contributed by atoms with van der Waals surface area (Å²) < 4.78 is 18.0. The Bertz CT molecular complexity index is 832. The Balaban J connectivity index is 1.83. The molecule has 0 amide bonds. The first kappa shape index (κ1) is 21.7. The molecule has 0 atom stereocenters. The van der Waals surface area contributed by atoms with E-state index in [4.69, 9.17) is 14.2 Å². The Hall–Kier alpha value is -2.05. The third-order valence-electron chi connectivity index (χ3n) is 5.48. The van der Waals surface area contributed by atoms with Crippen LogP contribution >= 0.6 is 15.9 Å². The Labute approximate surface area is 180 Å². The summed E-state index contributed by atoms with van der Waals surface area (Å²) in [6.45, 7) is 6.50. The monoisotopic (exact) mass is 462 g/mol. The second kappa shape index (κ2) is 9.63. The van der Waals surface area contributed by atoms with Gasteiger partial charge in [0.15, 0.2) is 0 Å². The summed E-state index contributed by atoms with van der Waals surface area (Å²) in [6, 6.07) is 13.3. The predicted molar refractivity (Wildman–Crippen MR) is 115 cm³/mol. The van der Waals surface area contributed by atoms with E-state index in [0.717, 1.165) is 31.5 Å². The second-order valence-electron chi connectivity index (χ2n) is 7.89. The van der Waals surface area contributed by atoms with Crippen molar-refractivity contribution in [3.63, 3.8) is 0 Å². The molecule has 6 heteroatoms. The molecule has 5 nitrogen and oxygen atoms in total. The lowest BCUT2D eigenvalue weighted by Gasteiger charge is -2.35. The molecule has 0 aromatic heterocycles. The SMILES string of the molecule is COc1cc(Br)c(C(=O)OC(C)(C)C2CC[NH2+]CC2)c(OCc2ccccc2)c1. The minimum atomic E-state index is -0.540. The van der Waals surface area contributed by atoms with Crippen molar-refractivity contribution < 1.29 is 24.3 Å². The first-order valence-corrected chi connectivity index (χ1v) is 10.8. The van der Waals surface area contributed by atoms with Crippen molar-refractivity contribution in [3.05, 3.63) is 58.1 Å². The number of carbonyl (C=O) groups excluding carboxylic acids is 1. The molecule has 1 aliphatic heterocycles. The Morgan fingerprint density at radius 1 is 1.17 bits per heavy atom. The average Bonchev–Trinajstić information content (AvgIpc) is 2.72. The Morgan fingerprint density at radius 3 is 2.52 bits per heavy atom. The molecule has 2 N–H and O–H groups in total. The van der Waals surface area contributed by atoms with E-state index in [2.05, 4.69) is 21.2 Å². The highest BCUT2D eigenvalue weighted by atomic mass is 79.9. The molecule has 1 saturated heterocycles. The molecular formula is C23H29BrNO4+. The van der Waals surface area contributed by atoms with Crippen LogP contribution < -0.4 is 14.8 Å². The smallest absolute Gasteiger partial charge is 0.343 e. The Morgan fingerprint density at radius 2 is 1.86 bits per heavy atom. The lowest BCUT2D eigenvalue weighted by atomic mass is 9.83. The minimum absolute atomic E-state index is 0.349. The van der Waals surface area contributed by atoms with Crippen molar-refractivity contribution in [1.82, 2.24) is 0 Å². The average molecular weight is 463 g/mol. The van der Waals surface area contributed by atoms with E-state index in [-0.39, 0.29) is 5.97 Å². The second-order valence-corrected chi connectivity index (χ2v) is 8.74. The van der Waals surface area contributed by atoms with Gasteiger partial charge in [0.1, 0.15) is 29.3 Å². The fourth-order valence-electron chi connectivity index (χ4n) is 3.72. The fourth-order valence-corrected chi connectivity index (χ4v) is 4.30. The number of halogens is 1. The molecular weight excluding hydrogens is 434 g/mol. The lowest BCUT2D eigenvalue weighted by Crippen LogP contribution is -2.86. The van der Waals surface area contributed by atoms with Crippen LogP contribution in [0.2, 0.25) is 0 Å². The number of hydrogen-bond donors (Lipinski definition) is 1. The molecule has 2 aromatic rings. The van der Waals surface area contributed by atoms with Crippen LogP contribution in [0.1, 0.15) is 42.6 Å². The zero-order valence-corrected chi connectivity index (χ0v) is 18.8. The molecule has 0 saturated carbocycles.